The summed E-state index contributed by atoms with van der Waals surface area (Å²) in [6, 6.07) is 26.4. The first-order valence-electron chi connectivity index (χ1n) is 11.7. The predicted molar refractivity (Wildman–Crippen MR) is 143 cm³/mol. The van der Waals surface area contributed by atoms with Gasteiger partial charge in [-0.15, -0.1) is 0 Å². The topological polar surface area (TPSA) is 113 Å². The van der Waals surface area contributed by atoms with Crippen molar-refractivity contribution in [2.24, 2.45) is 0 Å². The zero-order chi connectivity index (χ0) is 27.1. The molecule has 0 fully saturated rings. The predicted octanol–water partition coefficient (Wildman–Crippen LogP) is 5.84. The van der Waals surface area contributed by atoms with E-state index in [1.807, 2.05) is 30.3 Å². The molecule has 0 aliphatic heterocycles. The summed E-state index contributed by atoms with van der Waals surface area (Å²) in [6.45, 7) is 0. The molecule has 0 saturated heterocycles. The molecule has 0 spiro atoms. The van der Waals surface area contributed by atoms with E-state index in [1.54, 1.807) is 47.3 Å². The lowest BCUT2D eigenvalue weighted by Gasteiger charge is -2.11. The van der Waals surface area contributed by atoms with Crippen LogP contribution in [0.1, 0.15) is 0 Å². The number of benzene rings is 4. The zero-order valence-corrected chi connectivity index (χ0v) is 20.9. The van der Waals surface area contributed by atoms with Gasteiger partial charge in [0.25, 0.3) is 15.7 Å². The highest BCUT2D eigenvalue weighted by atomic mass is 32.2. The van der Waals surface area contributed by atoms with Gasteiger partial charge in [0.1, 0.15) is 11.5 Å². The maximum Gasteiger partial charge on any atom is 0.269 e. The molecule has 4 aromatic carbocycles. The fraction of sp³-hybridized carbons (Fsp3) is 0. The van der Waals surface area contributed by atoms with Gasteiger partial charge in [0.05, 0.1) is 32.1 Å². The van der Waals surface area contributed by atoms with Crippen LogP contribution in [0.3, 0.4) is 0 Å². The van der Waals surface area contributed by atoms with Crippen molar-refractivity contribution in [2.45, 2.75) is 4.90 Å². The van der Waals surface area contributed by atoms with Gasteiger partial charge < -0.3 is 0 Å². The Labute approximate surface area is 221 Å². The van der Waals surface area contributed by atoms with Crippen LogP contribution in [0.5, 0.6) is 0 Å². The highest BCUT2D eigenvalue weighted by molar-refractivity contribution is 7.90. The lowest BCUT2D eigenvalue weighted by molar-refractivity contribution is -0.384. The minimum Gasteiger partial charge on any atom is -0.258 e. The minimum absolute atomic E-state index is 0.0936. The summed E-state index contributed by atoms with van der Waals surface area (Å²) < 4.78 is 44.5. The van der Waals surface area contributed by atoms with Crippen molar-refractivity contribution in [3.05, 3.63) is 125 Å². The molecule has 2 aromatic heterocycles. The molecule has 0 N–H and O–H groups in total. The summed E-state index contributed by atoms with van der Waals surface area (Å²) in [6.07, 6.45) is 1.68. The van der Waals surface area contributed by atoms with Crippen LogP contribution in [0.2, 0.25) is 0 Å². The number of rotatable bonds is 6. The van der Waals surface area contributed by atoms with Crippen molar-refractivity contribution in [2.75, 3.05) is 0 Å². The van der Waals surface area contributed by atoms with Crippen molar-refractivity contribution in [3.63, 3.8) is 0 Å². The van der Waals surface area contributed by atoms with Crippen LogP contribution in [-0.2, 0) is 10.0 Å². The van der Waals surface area contributed by atoms with Gasteiger partial charge in [-0.25, -0.2) is 26.4 Å². The Balaban J connectivity index is 1.63. The first-order chi connectivity index (χ1) is 18.8. The number of aromatic nitrogens is 4. The Morgan fingerprint density at radius 2 is 1.49 bits per heavy atom. The molecular formula is C28H18FN5O4S. The van der Waals surface area contributed by atoms with Crippen LogP contribution in [0.4, 0.5) is 10.1 Å². The number of para-hydroxylation sites is 3. The van der Waals surface area contributed by atoms with Crippen molar-refractivity contribution in [1.82, 2.24) is 18.7 Å². The second-order valence-electron chi connectivity index (χ2n) is 8.62. The number of halogens is 1. The Morgan fingerprint density at radius 3 is 2.18 bits per heavy atom. The summed E-state index contributed by atoms with van der Waals surface area (Å²) in [5, 5.41) is 15.9. The molecule has 0 bridgehead atoms. The lowest BCUT2D eigenvalue weighted by Crippen LogP contribution is -2.14. The second-order valence-corrected chi connectivity index (χ2v) is 10.4. The molecule has 6 aromatic rings. The van der Waals surface area contributed by atoms with Crippen LogP contribution in [-0.4, -0.2) is 32.1 Å². The molecule has 0 saturated carbocycles. The number of nitro benzene ring substituents is 1. The fourth-order valence-corrected chi connectivity index (χ4v) is 5.80. The molecule has 192 valence electrons. The van der Waals surface area contributed by atoms with Crippen LogP contribution < -0.4 is 0 Å². The van der Waals surface area contributed by atoms with Gasteiger partial charge in [-0.2, -0.15) is 5.10 Å². The number of hydrogen-bond acceptors (Lipinski definition) is 6. The third-order valence-electron chi connectivity index (χ3n) is 6.20. The van der Waals surface area contributed by atoms with Gasteiger partial charge >= 0.3 is 0 Å². The Bertz CT molecular complexity index is 1950. The molecule has 0 amide bonds. The van der Waals surface area contributed by atoms with Crippen LogP contribution in [0.25, 0.3) is 39.4 Å². The third-order valence-corrected chi connectivity index (χ3v) is 7.92. The lowest BCUT2D eigenvalue weighted by atomic mass is 10.1. The molecular weight excluding hydrogens is 521 g/mol. The monoisotopic (exact) mass is 539 g/mol. The van der Waals surface area contributed by atoms with Crippen molar-refractivity contribution in [1.29, 1.82) is 0 Å². The van der Waals surface area contributed by atoms with Gasteiger partial charge in [-0.05, 0) is 60.7 Å². The van der Waals surface area contributed by atoms with Crippen molar-refractivity contribution >= 4 is 26.7 Å². The SMILES string of the molecule is O=[N+]([O-])c1ccc(S(=O)(=O)n2c(-c3cn(-c4ccccc4)nc3-c3ccc(F)cc3)nc3ccccc32)cc1. The standard InChI is InChI=1S/C28H18FN5O4S/c29-20-12-10-19(11-13-20)27-24(18-32(31-27)21-6-2-1-3-7-21)28-30-25-8-4-5-9-26(25)33(28)39(37,38)23-16-14-22(15-17-23)34(35)36/h1-18H. The highest BCUT2D eigenvalue weighted by Crippen LogP contribution is 2.36. The Kier molecular flexibility index (Phi) is 5.77. The quantitative estimate of drug-likeness (QED) is 0.194. The van der Waals surface area contributed by atoms with Crippen molar-refractivity contribution < 1.29 is 17.7 Å². The summed E-state index contributed by atoms with van der Waals surface area (Å²) in [5.74, 6) is -0.327. The molecule has 0 unspecified atom stereocenters. The number of fused-ring (bicyclic) bond motifs is 1. The van der Waals surface area contributed by atoms with Gasteiger partial charge in [0.2, 0.25) is 0 Å². The molecule has 2 heterocycles. The van der Waals surface area contributed by atoms with E-state index in [1.165, 1.54) is 24.3 Å². The molecule has 0 atom stereocenters. The summed E-state index contributed by atoms with van der Waals surface area (Å²) in [5.41, 5.74) is 2.60. The van der Waals surface area contributed by atoms with E-state index in [9.17, 15) is 22.9 Å². The summed E-state index contributed by atoms with van der Waals surface area (Å²) in [7, 11) is -4.27. The molecule has 0 radical (unpaired) electrons. The first-order valence-corrected chi connectivity index (χ1v) is 13.2. The maximum atomic E-state index is 14.0. The normalized spacial score (nSPS) is 11.6. The Morgan fingerprint density at radius 1 is 0.821 bits per heavy atom. The van der Waals surface area contributed by atoms with E-state index >= 15 is 0 Å². The fourth-order valence-electron chi connectivity index (χ4n) is 4.33. The largest absolute Gasteiger partial charge is 0.269 e. The molecule has 0 aliphatic rings. The zero-order valence-electron chi connectivity index (χ0n) is 20.0. The highest BCUT2D eigenvalue weighted by Gasteiger charge is 2.28. The van der Waals surface area contributed by atoms with Crippen LogP contribution in [0.15, 0.2) is 114 Å². The number of non-ortho nitro benzene ring substituents is 1. The van der Waals surface area contributed by atoms with E-state index in [2.05, 4.69) is 4.98 Å². The van der Waals surface area contributed by atoms with Crippen molar-refractivity contribution in [3.8, 4) is 28.3 Å². The van der Waals surface area contributed by atoms with E-state index in [-0.39, 0.29) is 16.4 Å². The molecule has 39 heavy (non-hydrogen) atoms. The number of nitrogens with zero attached hydrogens (tertiary/aromatic N) is 5. The van der Waals surface area contributed by atoms with Crippen LogP contribution in [0, 0.1) is 15.9 Å². The first kappa shape index (κ1) is 24.2. The third kappa shape index (κ3) is 4.24. The van der Waals surface area contributed by atoms with Gasteiger partial charge in [-0.1, -0.05) is 30.3 Å². The summed E-state index contributed by atoms with van der Waals surface area (Å²) in [4.78, 5) is 15.1. The number of hydrogen-bond donors (Lipinski definition) is 0. The van der Waals surface area contributed by atoms with Crippen LogP contribution >= 0.6 is 0 Å². The second kappa shape index (κ2) is 9.30. The van der Waals surface area contributed by atoms with Gasteiger partial charge in [-0.3, -0.25) is 10.1 Å². The maximum absolute atomic E-state index is 14.0. The van der Waals surface area contributed by atoms with E-state index in [0.717, 1.165) is 21.8 Å². The van der Waals surface area contributed by atoms with Gasteiger partial charge in [0, 0.05) is 23.9 Å². The molecule has 9 nitrogen and oxygen atoms in total. The number of imidazole rings is 1. The molecule has 0 aliphatic carbocycles. The van der Waals surface area contributed by atoms with E-state index in [0.29, 0.717) is 27.9 Å². The minimum atomic E-state index is -4.27. The Hall–Kier alpha value is -5.16. The van der Waals surface area contributed by atoms with E-state index in [4.69, 9.17) is 5.10 Å². The molecule has 6 rings (SSSR count). The smallest absolute Gasteiger partial charge is 0.258 e. The average Bonchev–Trinajstić information content (AvgIpc) is 3.57. The van der Waals surface area contributed by atoms with E-state index < -0.39 is 20.8 Å². The average molecular weight is 540 g/mol. The number of nitro groups is 1. The van der Waals surface area contributed by atoms with Gasteiger partial charge in [0.15, 0.2) is 5.82 Å². The summed E-state index contributed by atoms with van der Waals surface area (Å²) >= 11 is 0. The molecule has 11 heteroatoms.